The molecule has 0 saturated carbocycles. The van der Waals surface area contributed by atoms with E-state index in [0.29, 0.717) is 29.1 Å². The molecule has 0 fully saturated rings. The van der Waals surface area contributed by atoms with E-state index >= 15 is 0 Å². The number of carbonyl (C=O) groups is 1. The summed E-state index contributed by atoms with van der Waals surface area (Å²) in [7, 11) is 1.59. The van der Waals surface area contributed by atoms with Crippen molar-refractivity contribution in [3.8, 4) is 0 Å². The maximum atomic E-state index is 12.2. The molecule has 3 aromatic rings. The number of carbonyl (C=O) groups excluding carboxylic acids is 1. The van der Waals surface area contributed by atoms with Gasteiger partial charge in [-0.25, -0.2) is 4.98 Å². The van der Waals surface area contributed by atoms with Crippen LogP contribution in [0.3, 0.4) is 0 Å². The first-order valence-electron chi connectivity index (χ1n) is 9.77. The maximum absolute atomic E-state index is 12.2. The Bertz CT molecular complexity index is 1220. The molecule has 0 bridgehead atoms. The van der Waals surface area contributed by atoms with Crippen molar-refractivity contribution in [3.05, 3.63) is 74.4 Å². The number of hydrogen-bond donors (Lipinski definition) is 3. The number of amides is 1. The standard InChI is InChI=1S/C22H22ClN5O2/c1-12-10-25-6-5-14(12)15-3-4-17(22(30)24-2)27-18(15)7-13-8-20-19(26-11-13)9-16(23)21(29)28-20/h3-5,8-9,11-12,25H,6-7,10H2,1-2H3,(H,24,30)(H,28,29). The first-order valence-corrected chi connectivity index (χ1v) is 10.1. The highest BCUT2D eigenvalue weighted by atomic mass is 35.5. The molecule has 0 aliphatic carbocycles. The van der Waals surface area contributed by atoms with E-state index in [0.717, 1.165) is 29.9 Å². The van der Waals surface area contributed by atoms with Gasteiger partial charge in [0.15, 0.2) is 0 Å². The van der Waals surface area contributed by atoms with Crippen LogP contribution in [-0.4, -0.2) is 41.0 Å². The van der Waals surface area contributed by atoms with Crippen LogP contribution in [-0.2, 0) is 6.42 Å². The zero-order chi connectivity index (χ0) is 21.3. The highest BCUT2D eigenvalue weighted by Crippen LogP contribution is 2.29. The van der Waals surface area contributed by atoms with Crippen LogP contribution in [0.15, 0.2) is 41.3 Å². The summed E-state index contributed by atoms with van der Waals surface area (Å²) in [6.07, 6.45) is 4.40. The van der Waals surface area contributed by atoms with Crippen LogP contribution < -0.4 is 16.2 Å². The predicted octanol–water partition coefficient (Wildman–Crippen LogP) is 2.54. The second-order valence-electron chi connectivity index (χ2n) is 7.39. The van der Waals surface area contributed by atoms with Gasteiger partial charge in [0, 0.05) is 32.8 Å². The summed E-state index contributed by atoms with van der Waals surface area (Å²) in [6, 6.07) is 7.15. The Morgan fingerprint density at radius 3 is 2.93 bits per heavy atom. The molecule has 4 heterocycles. The topological polar surface area (TPSA) is 99.8 Å². The summed E-state index contributed by atoms with van der Waals surface area (Å²) in [4.78, 5) is 35.9. The van der Waals surface area contributed by atoms with Crippen LogP contribution >= 0.6 is 11.6 Å². The lowest BCUT2D eigenvalue weighted by atomic mass is 9.89. The largest absolute Gasteiger partial charge is 0.354 e. The molecule has 0 aromatic carbocycles. The monoisotopic (exact) mass is 423 g/mol. The minimum Gasteiger partial charge on any atom is -0.354 e. The fraction of sp³-hybridized carbons (Fsp3) is 0.273. The van der Waals surface area contributed by atoms with Gasteiger partial charge in [0.25, 0.3) is 11.5 Å². The van der Waals surface area contributed by atoms with E-state index in [4.69, 9.17) is 11.6 Å². The highest BCUT2D eigenvalue weighted by molar-refractivity contribution is 6.30. The maximum Gasteiger partial charge on any atom is 0.269 e. The minimum absolute atomic E-state index is 0.108. The minimum atomic E-state index is -0.350. The molecule has 4 rings (SSSR count). The van der Waals surface area contributed by atoms with Crippen molar-refractivity contribution in [2.75, 3.05) is 20.1 Å². The average Bonchev–Trinajstić information content (AvgIpc) is 2.75. The lowest BCUT2D eigenvalue weighted by Crippen LogP contribution is -2.27. The molecular weight excluding hydrogens is 402 g/mol. The van der Waals surface area contributed by atoms with Crippen LogP contribution in [0.2, 0.25) is 5.02 Å². The smallest absolute Gasteiger partial charge is 0.269 e. The molecule has 1 aliphatic rings. The number of pyridine rings is 3. The van der Waals surface area contributed by atoms with E-state index < -0.39 is 0 Å². The Kier molecular flexibility index (Phi) is 5.65. The van der Waals surface area contributed by atoms with Gasteiger partial charge >= 0.3 is 0 Å². The fourth-order valence-electron chi connectivity index (χ4n) is 3.71. The Balaban J connectivity index is 1.78. The molecule has 3 N–H and O–H groups in total. The third-order valence-electron chi connectivity index (χ3n) is 5.27. The van der Waals surface area contributed by atoms with Gasteiger partial charge < -0.3 is 15.6 Å². The van der Waals surface area contributed by atoms with Gasteiger partial charge in [0.05, 0.1) is 16.7 Å². The molecule has 0 radical (unpaired) electrons. The van der Waals surface area contributed by atoms with Gasteiger partial charge in [-0.3, -0.25) is 14.6 Å². The molecule has 0 spiro atoms. The van der Waals surface area contributed by atoms with Gasteiger partial charge in [0.2, 0.25) is 0 Å². The first kappa shape index (κ1) is 20.3. The molecule has 3 aromatic heterocycles. The molecule has 30 heavy (non-hydrogen) atoms. The second kappa shape index (κ2) is 8.38. The van der Waals surface area contributed by atoms with Gasteiger partial charge in [-0.15, -0.1) is 0 Å². The Labute approximate surface area is 178 Å². The van der Waals surface area contributed by atoms with Crippen molar-refractivity contribution >= 4 is 34.1 Å². The summed E-state index contributed by atoms with van der Waals surface area (Å²) < 4.78 is 0. The van der Waals surface area contributed by atoms with Crippen LogP contribution in [0, 0.1) is 5.92 Å². The zero-order valence-corrected chi connectivity index (χ0v) is 17.5. The summed E-state index contributed by atoms with van der Waals surface area (Å²) in [6.45, 7) is 3.86. The van der Waals surface area contributed by atoms with Crippen molar-refractivity contribution in [1.29, 1.82) is 0 Å². The number of halogens is 1. The number of hydrogen-bond acceptors (Lipinski definition) is 5. The number of aromatic amines is 1. The third kappa shape index (κ3) is 3.99. The summed E-state index contributed by atoms with van der Waals surface area (Å²) in [5.74, 6) is 0.101. The van der Waals surface area contributed by atoms with Gasteiger partial charge in [-0.2, -0.15) is 0 Å². The van der Waals surface area contributed by atoms with E-state index in [9.17, 15) is 9.59 Å². The molecule has 154 valence electrons. The Hall–Kier alpha value is -3.03. The van der Waals surface area contributed by atoms with Gasteiger partial charge in [0.1, 0.15) is 10.7 Å². The summed E-state index contributed by atoms with van der Waals surface area (Å²) in [5.41, 5.74) is 5.17. The lowest BCUT2D eigenvalue weighted by Gasteiger charge is -2.23. The normalized spacial score (nSPS) is 16.4. The molecule has 7 nitrogen and oxygen atoms in total. The molecular formula is C22H22ClN5O2. The van der Waals surface area contributed by atoms with Crippen LogP contribution in [0.1, 0.15) is 34.2 Å². The number of nitrogens with zero attached hydrogens (tertiary/aromatic N) is 2. The van der Waals surface area contributed by atoms with E-state index in [1.807, 2.05) is 12.1 Å². The predicted molar refractivity (Wildman–Crippen MR) is 118 cm³/mol. The molecule has 1 unspecified atom stereocenters. The van der Waals surface area contributed by atoms with E-state index in [-0.39, 0.29) is 16.5 Å². The average molecular weight is 424 g/mol. The first-order chi connectivity index (χ1) is 14.5. The third-order valence-corrected chi connectivity index (χ3v) is 5.55. The number of H-pyrrole nitrogens is 1. The molecule has 1 atom stereocenters. The fourth-order valence-corrected chi connectivity index (χ4v) is 3.86. The zero-order valence-electron chi connectivity index (χ0n) is 16.8. The SMILES string of the molecule is CNC(=O)c1ccc(C2=CCNCC2C)c(Cc2cnc3cc(Cl)c(=O)[nH]c3c2)n1. The van der Waals surface area contributed by atoms with E-state index in [2.05, 4.69) is 38.6 Å². The van der Waals surface area contributed by atoms with E-state index in [1.54, 1.807) is 25.4 Å². The molecule has 1 aliphatic heterocycles. The van der Waals surface area contributed by atoms with Crippen LogP contribution in [0.25, 0.3) is 16.6 Å². The number of aromatic nitrogens is 3. The molecule has 1 amide bonds. The van der Waals surface area contributed by atoms with E-state index in [1.165, 1.54) is 5.57 Å². The van der Waals surface area contributed by atoms with Gasteiger partial charge in [-0.05, 0) is 40.8 Å². The van der Waals surface area contributed by atoms with Crippen molar-refractivity contribution in [1.82, 2.24) is 25.6 Å². The van der Waals surface area contributed by atoms with Gasteiger partial charge in [-0.1, -0.05) is 30.7 Å². The quantitative estimate of drug-likeness (QED) is 0.598. The number of fused-ring (bicyclic) bond motifs is 1. The summed E-state index contributed by atoms with van der Waals surface area (Å²) >= 11 is 5.90. The van der Waals surface area contributed by atoms with Crippen LogP contribution in [0.4, 0.5) is 0 Å². The molecule has 8 heteroatoms. The number of nitrogens with one attached hydrogen (secondary N) is 3. The molecule has 0 saturated heterocycles. The summed E-state index contributed by atoms with van der Waals surface area (Å²) in [5, 5.41) is 6.09. The second-order valence-corrected chi connectivity index (χ2v) is 7.80. The number of rotatable bonds is 4. The van der Waals surface area contributed by atoms with Crippen molar-refractivity contribution in [3.63, 3.8) is 0 Å². The Morgan fingerprint density at radius 2 is 2.17 bits per heavy atom. The van der Waals surface area contributed by atoms with Crippen molar-refractivity contribution < 1.29 is 4.79 Å². The van der Waals surface area contributed by atoms with Crippen molar-refractivity contribution in [2.45, 2.75) is 13.3 Å². The highest BCUT2D eigenvalue weighted by Gasteiger charge is 2.20. The van der Waals surface area contributed by atoms with Crippen molar-refractivity contribution in [2.24, 2.45) is 5.92 Å². The Morgan fingerprint density at radius 1 is 1.33 bits per heavy atom. The van der Waals surface area contributed by atoms with Crippen LogP contribution in [0.5, 0.6) is 0 Å². The lowest BCUT2D eigenvalue weighted by molar-refractivity contribution is 0.0958.